The van der Waals surface area contributed by atoms with Crippen LogP contribution >= 0.6 is 11.6 Å². The third-order valence-electron chi connectivity index (χ3n) is 6.23. The number of para-hydroxylation sites is 1. The van der Waals surface area contributed by atoms with Crippen LogP contribution in [-0.4, -0.2) is 54.2 Å². The number of nitrogens with one attached hydrogen (secondary N) is 2. The molecule has 1 saturated heterocycles. The number of amides is 3. The predicted molar refractivity (Wildman–Crippen MR) is 144 cm³/mol. The number of hydrogen-bond donors (Lipinski definition) is 3. The standard InChI is InChI=1S/C28H28ClN3O6/c1-37-25-15-18(8-13-24(25)31-28(36)30-23-7-3-2-6-22(23)29)16-26(33)32-14-4-5-20(32)17-38-21-11-9-19(10-12-21)27(34)35/h2-3,6-13,15,20H,4-5,14,16-17H2,1H3,(H,34,35)(H2,30,31,36). The summed E-state index contributed by atoms with van der Waals surface area (Å²) >= 11 is 6.10. The fourth-order valence-corrected chi connectivity index (χ4v) is 4.47. The molecule has 1 heterocycles. The van der Waals surface area contributed by atoms with Gasteiger partial charge in [0, 0.05) is 6.54 Å². The van der Waals surface area contributed by atoms with E-state index in [4.69, 9.17) is 26.2 Å². The van der Waals surface area contributed by atoms with Crippen molar-refractivity contribution in [1.82, 2.24) is 4.90 Å². The molecule has 3 aromatic carbocycles. The Bertz CT molecular complexity index is 1310. The molecule has 0 aliphatic carbocycles. The maximum Gasteiger partial charge on any atom is 0.335 e. The molecule has 0 saturated carbocycles. The van der Waals surface area contributed by atoms with Crippen LogP contribution in [0.2, 0.25) is 5.02 Å². The molecule has 0 bridgehead atoms. The lowest BCUT2D eigenvalue weighted by molar-refractivity contribution is -0.131. The molecule has 1 fully saturated rings. The molecule has 3 amide bonds. The maximum absolute atomic E-state index is 13.1. The molecule has 198 valence electrons. The van der Waals surface area contributed by atoms with Crippen LogP contribution in [-0.2, 0) is 11.2 Å². The number of anilines is 2. The van der Waals surface area contributed by atoms with E-state index in [0.29, 0.717) is 41.0 Å². The van der Waals surface area contributed by atoms with Crippen molar-refractivity contribution in [2.45, 2.75) is 25.3 Å². The third-order valence-corrected chi connectivity index (χ3v) is 6.56. The van der Waals surface area contributed by atoms with Gasteiger partial charge in [-0.3, -0.25) is 4.79 Å². The normalized spacial score (nSPS) is 14.6. The summed E-state index contributed by atoms with van der Waals surface area (Å²) in [6.07, 6.45) is 1.88. The molecule has 9 nitrogen and oxygen atoms in total. The number of carboxylic acid groups (broad SMARTS) is 1. The zero-order valence-electron chi connectivity index (χ0n) is 20.8. The number of likely N-dealkylation sites (tertiary alicyclic amines) is 1. The van der Waals surface area contributed by atoms with Gasteiger partial charge in [0.25, 0.3) is 0 Å². The molecule has 1 unspecified atom stereocenters. The van der Waals surface area contributed by atoms with Gasteiger partial charge < -0.3 is 30.1 Å². The van der Waals surface area contributed by atoms with Gasteiger partial charge in [0.2, 0.25) is 5.91 Å². The van der Waals surface area contributed by atoms with E-state index in [9.17, 15) is 14.4 Å². The van der Waals surface area contributed by atoms with Crippen molar-refractivity contribution in [3.05, 3.63) is 82.9 Å². The van der Waals surface area contributed by atoms with Gasteiger partial charge in [-0.15, -0.1) is 0 Å². The first kappa shape index (κ1) is 26.8. The van der Waals surface area contributed by atoms with Crippen LogP contribution in [0, 0.1) is 0 Å². The second-order valence-corrected chi connectivity index (χ2v) is 9.20. The smallest absolute Gasteiger partial charge is 0.335 e. The number of urea groups is 1. The van der Waals surface area contributed by atoms with E-state index in [1.54, 1.807) is 54.6 Å². The summed E-state index contributed by atoms with van der Waals surface area (Å²) in [5.74, 6) is -0.0436. The lowest BCUT2D eigenvalue weighted by atomic mass is 10.1. The Morgan fingerprint density at radius 1 is 1.03 bits per heavy atom. The topological polar surface area (TPSA) is 117 Å². The third kappa shape index (κ3) is 6.74. The Balaban J connectivity index is 1.34. The van der Waals surface area contributed by atoms with Gasteiger partial charge in [-0.25, -0.2) is 9.59 Å². The maximum atomic E-state index is 13.1. The van der Waals surface area contributed by atoms with Gasteiger partial charge in [0.05, 0.1) is 41.5 Å². The molecule has 3 N–H and O–H groups in total. The summed E-state index contributed by atoms with van der Waals surface area (Å²) in [6.45, 7) is 0.967. The SMILES string of the molecule is COc1cc(CC(=O)N2CCCC2COc2ccc(C(=O)O)cc2)ccc1NC(=O)Nc1ccccc1Cl. The van der Waals surface area contributed by atoms with Crippen LogP contribution in [0.4, 0.5) is 16.2 Å². The largest absolute Gasteiger partial charge is 0.495 e. The first-order valence-corrected chi connectivity index (χ1v) is 12.5. The highest BCUT2D eigenvalue weighted by atomic mass is 35.5. The molecule has 4 rings (SSSR count). The Hall–Kier alpha value is -4.24. The van der Waals surface area contributed by atoms with Crippen molar-refractivity contribution in [3.63, 3.8) is 0 Å². The van der Waals surface area contributed by atoms with E-state index in [1.807, 2.05) is 4.90 Å². The Labute approximate surface area is 225 Å². The van der Waals surface area contributed by atoms with E-state index >= 15 is 0 Å². The summed E-state index contributed by atoms with van der Waals surface area (Å²) in [7, 11) is 1.49. The van der Waals surface area contributed by atoms with Gasteiger partial charge in [0.1, 0.15) is 18.1 Å². The quantitative estimate of drug-likeness (QED) is 0.341. The number of halogens is 1. The number of benzene rings is 3. The Morgan fingerprint density at radius 2 is 1.76 bits per heavy atom. The summed E-state index contributed by atoms with van der Waals surface area (Å²) in [6, 6.07) is 17.8. The summed E-state index contributed by atoms with van der Waals surface area (Å²) in [5.41, 5.74) is 1.87. The van der Waals surface area contributed by atoms with E-state index < -0.39 is 12.0 Å². The lowest BCUT2D eigenvalue weighted by Gasteiger charge is -2.25. The van der Waals surface area contributed by atoms with Crippen molar-refractivity contribution in [1.29, 1.82) is 0 Å². The van der Waals surface area contributed by atoms with Crippen LogP contribution < -0.4 is 20.1 Å². The van der Waals surface area contributed by atoms with E-state index in [-0.39, 0.29) is 23.9 Å². The van der Waals surface area contributed by atoms with Crippen molar-refractivity contribution >= 4 is 40.9 Å². The van der Waals surface area contributed by atoms with Crippen molar-refractivity contribution in [2.24, 2.45) is 0 Å². The number of ether oxygens (including phenoxy) is 2. The van der Waals surface area contributed by atoms with Crippen molar-refractivity contribution in [2.75, 3.05) is 30.9 Å². The van der Waals surface area contributed by atoms with E-state index in [1.165, 1.54) is 19.2 Å². The molecule has 38 heavy (non-hydrogen) atoms. The van der Waals surface area contributed by atoms with Crippen molar-refractivity contribution in [3.8, 4) is 11.5 Å². The molecule has 0 radical (unpaired) electrons. The molecule has 0 spiro atoms. The zero-order chi connectivity index (χ0) is 27.1. The van der Waals surface area contributed by atoms with Gasteiger partial charge >= 0.3 is 12.0 Å². The van der Waals surface area contributed by atoms with Crippen LogP contribution in [0.1, 0.15) is 28.8 Å². The van der Waals surface area contributed by atoms with Gasteiger partial charge in [-0.2, -0.15) is 0 Å². The monoisotopic (exact) mass is 537 g/mol. The summed E-state index contributed by atoms with van der Waals surface area (Å²) in [5, 5.41) is 14.9. The number of carboxylic acids is 1. The molecule has 1 aliphatic heterocycles. The highest BCUT2D eigenvalue weighted by Gasteiger charge is 2.29. The van der Waals surface area contributed by atoms with Crippen LogP contribution in [0.15, 0.2) is 66.7 Å². The minimum atomic E-state index is -0.995. The number of hydrogen-bond acceptors (Lipinski definition) is 5. The van der Waals surface area contributed by atoms with Crippen molar-refractivity contribution < 1.29 is 29.0 Å². The minimum Gasteiger partial charge on any atom is -0.495 e. The molecular formula is C28H28ClN3O6. The zero-order valence-corrected chi connectivity index (χ0v) is 21.5. The average Bonchev–Trinajstić information content (AvgIpc) is 3.39. The number of methoxy groups -OCH3 is 1. The molecule has 0 aromatic heterocycles. The Morgan fingerprint density at radius 3 is 2.47 bits per heavy atom. The minimum absolute atomic E-state index is 0.0310. The van der Waals surface area contributed by atoms with Gasteiger partial charge in [0.15, 0.2) is 0 Å². The fraction of sp³-hybridized carbons (Fsp3) is 0.250. The molecule has 10 heteroatoms. The first-order valence-electron chi connectivity index (χ1n) is 12.1. The molecular weight excluding hydrogens is 510 g/mol. The Kier molecular flexibility index (Phi) is 8.70. The second kappa shape index (κ2) is 12.3. The molecule has 1 atom stereocenters. The van der Waals surface area contributed by atoms with E-state index in [2.05, 4.69) is 10.6 Å². The second-order valence-electron chi connectivity index (χ2n) is 8.79. The number of carbonyl (C=O) groups excluding carboxylic acids is 2. The van der Waals surface area contributed by atoms with Crippen LogP contribution in [0.3, 0.4) is 0 Å². The first-order chi connectivity index (χ1) is 18.3. The highest BCUT2D eigenvalue weighted by molar-refractivity contribution is 6.33. The number of carbonyl (C=O) groups is 3. The number of aromatic carboxylic acids is 1. The summed E-state index contributed by atoms with van der Waals surface area (Å²) in [4.78, 5) is 38.4. The van der Waals surface area contributed by atoms with Crippen LogP contribution in [0.25, 0.3) is 0 Å². The predicted octanol–water partition coefficient (Wildman–Crippen LogP) is 5.30. The number of rotatable bonds is 9. The van der Waals surface area contributed by atoms with Gasteiger partial charge in [-0.1, -0.05) is 29.8 Å². The molecule has 3 aromatic rings. The van der Waals surface area contributed by atoms with Crippen LogP contribution in [0.5, 0.6) is 11.5 Å². The highest BCUT2D eigenvalue weighted by Crippen LogP contribution is 2.28. The average molecular weight is 538 g/mol. The summed E-state index contributed by atoms with van der Waals surface area (Å²) < 4.78 is 11.3. The van der Waals surface area contributed by atoms with E-state index in [0.717, 1.165) is 18.4 Å². The lowest BCUT2D eigenvalue weighted by Crippen LogP contribution is -2.39. The molecule has 1 aliphatic rings. The van der Waals surface area contributed by atoms with Gasteiger partial charge in [-0.05, 0) is 66.9 Å². The fourth-order valence-electron chi connectivity index (χ4n) is 4.29. The number of nitrogens with zero attached hydrogens (tertiary/aromatic N) is 1.